The quantitative estimate of drug-likeness (QED) is 0.306. The summed E-state index contributed by atoms with van der Waals surface area (Å²) in [6, 6.07) is 18.0. The molecule has 0 bridgehead atoms. The zero-order chi connectivity index (χ0) is 24.9. The predicted molar refractivity (Wildman–Crippen MR) is 137 cm³/mol. The van der Waals surface area contributed by atoms with Gasteiger partial charge in [0.2, 0.25) is 5.71 Å². The predicted octanol–water partition coefficient (Wildman–Crippen LogP) is 5.78. The van der Waals surface area contributed by atoms with Crippen molar-refractivity contribution >= 4 is 22.9 Å². The number of carboxylic acid groups (broad SMARTS) is 1. The molecule has 0 spiro atoms. The highest BCUT2D eigenvalue weighted by Gasteiger charge is 2.27. The highest BCUT2D eigenvalue weighted by Crippen LogP contribution is 2.43. The van der Waals surface area contributed by atoms with E-state index < -0.39 is 5.97 Å². The van der Waals surface area contributed by atoms with Gasteiger partial charge in [-0.15, -0.1) is 0 Å². The molecule has 8 nitrogen and oxygen atoms in total. The molecule has 1 aliphatic carbocycles. The fourth-order valence-electron chi connectivity index (χ4n) is 4.81. The molecule has 2 heterocycles. The van der Waals surface area contributed by atoms with Crippen molar-refractivity contribution in [1.82, 2.24) is 9.97 Å². The van der Waals surface area contributed by atoms with E-state index in [4.69, 9.17) is 19.0 Å². The van der Waals surface area contributed by atoms with Gasteiger partial charge < -0.3 is 24.3 Å². The van der Waals surface area contributed by atoms with Gasteiger partial charge in [-0.25, -0.2) is 14.8 Å². The van der Waals surface area contributed by atoms with Crippen molar-refractivity contribution in [3.8, 4) is 28.2 Å². The van der Waals surface area contributed by atoms with E-state index in [9.17, 15) is 4.79 Å². The molecule has 186 valence electrons. The summed E-state index contributed by atoms with van der Waals surface area (Å²) in [6.07, 6.45) is 4.86. The summed E-state index contributed by atoms with van der Waals surface area (Å²) in [7, 11) is 0. The number of furan rings is 1. The lowest BCUT2D eigenvalue weighted by Gasteiger charge is -2.29. The first-order valence-electron chi connectivity index (χ1n) is 12.3. The molecule has 0 unspecified atom stereocenters. The average molecular weight is 488 g/mol. The number of nitrogens with zero attached hydrogens (tertiary/aromatic N) is 2. The third kappa shape index (κ3) is 5.18. The van der Waals surface area contributed by atoms with Gasteiger partial charge in [-0.1, -0.05) is 42.5 Å². The second kappa shape index (κ2) is 10.8. The van der Waals surface area contributed by atoms with Gasteiger partial charge in [0.15, 0.2) is 0 Å². The SMILES string of the molecule is CCOc1ccc(-c2c(-c3ccccc3)oc3ncnc(N[C@H]4CCC[C@H](OCC(=O)O)C4)c23)cc1. The minimum absolute atomic E-state index is 0.0962. The fraction of sp³-hybridized carbons (Fsp3) is 0.321. The number of hydrogen-bond donors (Lipinski definition) is 2. The number of aromatic nitrogens is 2. The molecular formula is C28H29N3O5. The van der Waals surface area contributed by atoms with E-state index in [1.807, 2.05) is 61.5 Å². The molecule has 5 rings (SSSR count). The van der Waals surface area contributed by atoms with Crippen molar-refractivity contribution < 1.29 is 23.8 Å². The van der Waals surface area contributed by atoms with Crippen LogP contribution < -0.4 is 10.1 Å². The van der Waals surface area contributed by atoms with Crippen LogP contribution in [0.2, 0.25) is 0 Å². The normalized spacial score (nSPS) is 17.7. The topological polar surface area (TPSA) is 107 Å². The number of fused-ring (bicyclic) bond motifs is 1. The standard InChI is InChI=1S/C28H29N3O5/c1-2-34-21-13-11-18(12-14-21)24-25-27(31-20-9-6-10-22(15-20)35-16-23(32)33)29-17-30-28(25)36-26(24)19-7-4-3-5-8-19/h3-5,7-8,11-14,17,20,22H,2,6,9-10,15-16H2,1H3,(H,32,33)(H,29,30,31)/t20-,22-/m0/s1. The van der Waals surface area contributed by atoms with E-state index in [0.29, 0.717) is 24.6 Å². The van der Waals surface area contributed by atoms with Crippen LogP contribution in [0.4, 0.5) is 5.82 Å². The maximum atomic E-state index is 10.9. The average Bonchev–Trinajstić information content (AvgIpc) is 3.30. The van der Waals surface area contributed by atoms with Crippen LogP contribution in [-0.2, 0) is 9.53 Å². The first-order valence-corrected chi connectivity index (χ1v) is 12.3. The molecule has 2 aromatic carbocycles. The van der Waals surface area contributed by atoms with Crippen molar-refractivity contribution in [2.75, 3.05) is 18.5 Å². The molecule has 0 radical (unpaired) electrons. The number of hydrogen-bond acceptors (Lipinski definition) is 7. The summed E-state index contributed by atoms with van der Waals surface area (Å²) in [5.41, 5.74) is 3.34. The molecule has 1 saturated carbocycles. The minimum atomic E-state index is -0.950. The monoisotopic (exact) mass is 487 g/mol. The van der Waals surface area contributed by atoms with Gasteiger partial charge in [0.05, 0.1) is 18.1 Å². The van der Waals surface area contributed by atoms with Crippen molar-refractivity contribution in [2.24, 2.45) is 0 Å². The lowest BCUT2D eigenvalue weighted by atomic mass is 9.92. The molecular weight excluding hydrogens is 458 g/mol. The van der Waals surface area contributed by atoms with E-state index in [0.717, 1.165) is 52.8 Å². The van der Waals surface area contributed by atoms with Crippen LogP contribution in [0.25, 0.3) is 33.6 Å². The minimum Gasteiger partial charge on any atom is -0.494 e. The van der Waals surface area contributed by atoms with Crippen molar-refractivity contribution in [3.63, 3.8) is 0 Å². The highest BCUT2D eigenvalue weighted by atomic mass is 16.5. The molecule has 2 N–H and O–H groups in total. The van der Waals surface area contributed by atoms with Crippen molar-refractivity contribution in [2.45, 2.75) is 44.8 Å². The maximum Gasteiger partial charge on any atom is 0.329 e. The van der Waals surface area contributed by atoms with Gasteiger partial charge >= 0.3 is 5.97 Å². The first-order chi connectivity index (χ1) is 17.6. The highest BCUT2D eigenvalue weighted by molar-refractivity contribution is 6.05. The summed E-state index contributed by atoms with van der Waals surface area (Å²) >= 11 is 0. The number of ether oxygens (including phenoxy) is 2. The Bertz CT molecular complexity index is 1320. The molecule has 2 atom stereocenters. The Balaban J connectivity index is 1.54. The van der Waals surface area contributed by atoms with Crippen LogP contribution in [0.15, 0.2) is 65.3 Å². The maximum absolute atomic E-state index is 10.9. The number of benzene rings is 2. The number of aliphatic carboxylic acids is 1. The number of carbonyl (C=O) groups is 1. The molecule has 2 aromatic heterocycles. The summed E-state index contributed by atoms with van der Waals surface area (Å²) in [5.74, 6) is 1.28. The van der Waals surface area contributed by atoms with Crippen LogP contribution in [-0.4, -0.2) is 46.4 Å². The summed E-state index contributed by atoms with van der Waals surface area (Å²) in [5, 5.41) is 13.4. The van der Waals surface area contributed by atoms with E-state index in [2.05, 4.69) is 15.3 Å². The number of anilines is 1. The molecule has 0 aliphatic heterocycles. The number of rotatable bonds is 9. The summed E-state index contributed by atoms with van der Waals surface area (Å²) < 4.78 is 17.5. The summed E-state index contributed by atoms with van der Waals surface area (Å²) in [4.78, 5) is 20.0. The zero-order valence-corrected chi connectivity index (χ0v) is 20.1. The van der Waals surface area contributed by atoms with E-state index >= 15 is 0 Å². The van der Waals surface area contributed by atoms with Gasteiger partial charge in [0, 0.05) is 17.2 Å². The van der Waals surface area contributed by atoms with Crippen LogP contribution in [0, 0.1) is 0 Å². The molecule has 8 heteroatoms. The number of nitrogens with one attached hydrogen (secondary N) is 1. The van der Waals surface area contributed by atoms with E-state index in [1.54, 1.807) is 0 Å². The van der Waals surface area contributed by atoms with Gasteiger partial charge in [-0.2, -0.15) is 0 Å². The summed E-state index contributed by atoms with van der Waals surface area (Å²) in [6.45, 7) is 2.28. The van der Waals surface area contributed by atoms with Crippen LogP contribution in [0.3, 0.4) is 0 Å². The lowest BCUT2D eigenvalue weighted by molar-refractivity contribution is -0.145. The third-order valence-corrected chi connectivity index (χ3v) is 6.39. The Morgan fingerprint density at radius 3 is 2.64 bits per heavy atom. The van der Waals surface area contributed by atoms with Crippen LogP contribution >= 0.6 is 0 Å². The van der Waals surface area contributed by atoms with E-state index in [-0.39, 0.29) is 18.8 Å². The smallest absolute Gasteiger partial charge is 0.329 e. The van der Waals surface area contributed by atoms with Gasteiger partial charge in [0.25, 0.3) is 0 Å². The van der Waals surface area contributed by atoms with Gasteiger partial charge in [-0.05, 0) is 50.3 Å². The van der Waals surface area contributed by atoms with Gasteiger partial charge in [-0.3, -0.25) is 0 Å². The Morgan fingerprint density at radius 2 is 1.89 bits per heavy atom. The second-order valence-electron chi connectivity index (χ2n) is 8.87. The Hall–Kier alpha value is -3.91. The Kier molecular flexibility index (Phi) is 7.13. The Morgan fingerprint density at radius 1 is 1.08 bits per heavy atom. The van der Waals surface area contributed by atoms with Crippen molar-refractivity contribution in [1.29, 1.82) is 0 Å². The number of carboxylic acids is 1. The molecule has 1 aliphatic rings. The third-order valence-electron chi connectivity index (χ3n) is 6.39. The van der Waals surface area contributed by atoms with Crippen molar-refractivity contribution in [3.05, 3.63) is 60.9 Å². The van der Waals surface area contributed by atoms with Crippen LogP contribution in [0.1, 0.15) is 32.6 Å². The van der Waals surface area contributed by atoms with Gasteiger partial charge in [0.1, 0.15) is 30.3 Å². The fourth-order valence-corrected chi connectivity index (χ4v) is 4.81. The second-order valence-corrected chi connectivity index (χ2v) is 8.87. The first kappa shape index (κ1) is 23.8. The van der Waals surface area contributed by atoms with E-state index in [1.165, 1.54) is 6.33 Å². The zero-order valence-electron chi connectivity index (χ0n) is 20.1. The molecule has 0 amide bonds. The molecule has 0 saturated heterocycles. The molecule has 1 fully saturated rings. The lowest BCUT2D eigenvalue weighted by Crippen LogP contribution is -2.33. The molecule has 36 heavy (non-hydrogen) atoms. The Labute approximate surface area is 209 Å². The molecule has 4 aromatic rings. The largest absolute Gasteiger partial charge is 0.494 e. The van der Waals surface area contributed by atoms with Crippen LogP contribution in [0.5, 0.6) is 5.75 Å².